The summed E-state index contributed by atoms with van der Waals surface area (Å²) in [6.07, 6.45) is 7.15. The first kappa shape index (κ1) is 19.0. The Bertz CT molecular complexity index is 518. The SMILES string of the molecule is CS(=O)(=O)NC1CCN(C(=O)C2CC3(CCNCC3)C2)CC1.Cl. The second-order valence-electron chi connectivity index (χ2n) is 7.34. The molecule has 1 amide bonds. The Morgan fingerprint density at radius 1 is 1.17 bits per heavy atom. The highest BCUT2D eigenvalue weighted by Gasteiger charge is 2.48. The third-order valence-electron chi connectivity index (χ3n) is 5.56. The van der Waals surface area contributed by atoms with Crippen LogP contribution in [0.4, 0.5) is 0 Å². The third kappa shape index (κ3) is 4.59. The molecule has 3 rings (SSSR count). The summed E-state index contributed by atoms with van der Waals surface area (Å²) in [6, 6.07) is -0.0174. The van der Waals surface area contributed by atoms with Gasteiger partial charge in [0.05, 0.1) is 6.26 Å². The highest BCUT2D eigenvalue weighted by molar-refractivity contribution is 7.88. The maximum Gasteiger partial charge on any atom is 0.225 e. The van der Waals surface area contributed by atoms with Gasteiger partial charge in [0, 0.05) is 25.0 Å². The monoisotopic (exact) mass is 365 g/mol. The van der Waals surface area contributed by atoms with Crippen LogP contribution in [0.3, 0.4) is 0 Å². The number of carbonyl (C=O) groups is 1. The van der Waals surface area contributed by atoms with Crippen LogP contribution in [0, 0.1) is 11.3 Å². The molecule has 0 aromatic heterocycles. The van der Waals surface area contributed by atoms with Crippen LogP contribution in [0.1, 0.15) is 38.5 Å². The van der Waals surface area contributed by atoms with Gasteiger partial charge < -0.3 is 10.2 Å². The number of rotatable bonds is 3. The predicted molar refractivity (Wildman–Crippen MR) is 92.1 cm³/mol. The molecule has 2 aliphatic heterocycles. The Hall–Kier alpha value is -0.370. The molecule has 1 aliphatic carbocycles. The quantitative estimate of drug-likeness (QED) is 0.772. The van der Waals surface area contributed by atoms with E-state index < -0.39 is 10.0 Å². The zero-order chi connectivity index (χ0) is 15.8. The molecule has 3 fully saturated rings. The molecule has 6 nitrogen and oxygen atoms in total. The number of amides is 1. The van der Waals surface area contributed by atoms with Gasteiger partial charge in [-0.05, 0) is 57.0 Å². The average molecular weight is 366 g/mol. The van der Waals surface area contributed by atoms with Crippen LogP contribution in [0.25, 0.3) is 0 Å². The van der Waals surface area contributed by atoms with E-state index in [9.17, 15) is 13.2 Å². The predicted octanol–water partition coefficient (Wildman–Crippen LogP) is 0.728. The van der Waals surface area contributed by atoms with Crippen LogP contribution in [-0.4, -0.2) is 57.7 Å². The smallest absolute Gasteiger partial charge is 0.225 e. The molecular weight excluding hydrogens is 338 g/mol. The van der Waals surface area contributed by atoms with E-state index >= 15 is 0 Å². The van der Waals surface area contributed by atoms with Gasteiger partial charge in [-0.2, -0.15) is 0 Å². The number of sulfonamides is 1. The zero-order valence-corrected chi connectivity index (χ0v) is 15.3. The number of hydrogen-bond acceptors (Lipinski definition) is 4. The molecule has 1 spiro atoms. The first-order chi connectivity index (χ1) is 10.4. The molecule has 0 aromatic carbocycles. The molecule has 2 heterocycles. The highest BCUT2D eigenvalue weighted by atomic mass is 35.5. The summed E-state index contributed by atoms with van der Waals surface area (Å²) >= 11 is 0. The van der Waals surface area contributed by atoms with Gasteiger partial charge in [0.2, 0.25) is 15.9 Å². The largest absolute Gasteiger partial charge is 0.342 e. The van der Waals surface area contributed by atoms with Crippen LogP contribution < -0.4 is 10.0 Å². The molecule has 0 radical (unpaired) electrons. The lowest BCUT2D eigenvalue weighted by molar-refractivity contribution is -0.145. The number of piperidine rings is 2. The lowest BCUT2D eigenvalue weighted by atomic mass is 9.57. The molecule has 0 unspecified atom stereocenters. The standard InChI is InChI=1S/C15H27N3O3S.ClH/c1-22(20,21)17-13-2-8-18(9-3-13)14(19)12-10-15(11-12)4-6-16-7-5-15;/h12-13,16-17H,2-11H2,1H3;1H. The lowest BCUT2D eigenvalue weighted by Gasteiger charge is -2.51. The Kier molecular flexibility index (Phi) is 5.98. The lowest BCUT2D eigenvalue weighted by Crippen LogP contribution is -2.53. The van der Waals surface area contributed by atoms with Gasteiger partial charge in [-0.1, -0.05) is 0 Å². The summed E-state index contributed by atoms with van der Waals surface area (Å²) in [6.45, 7) is 3.53. The van der Waals surface area contributed by atoms with Crippen molar-refractivity contribution < 1.29 is 13.2 Å². The van der Waals surface area contributed by atoms with E-state index in [4.69, 9.17) is 0 Å². The molecule has 0 aromatic rings. The van der Waals surface area contributed by atoms with Gasteiger partial charge >= 0.3 is 0 Å². The molecule has 3 aliphatic rings. The first-order valence-corrected chi connectivity index (χ1v) is 10.2. The summed E-state index contributed by atoms with van der Waals surface area (Å²) in [7, 11) is -3.15. The molecule has 23 heavy (non-hydrogen) atoms. The second kappa shape index (κ2) is 7.25. The van der Waals surface area contributed by atoms with Crippen molar-refractivity contribution >= 4 is 28.3 Å². The van der Waals surface area contributed by atoms with Crippen molar-refractivity contribution in [3.8, 4) is 0 Å². The van der Waals surface area contributed by atoms with E-state index in [0.29, 0.717) is 24.4 Å². The first-order valence-electron chi connectivity index (χ1n) is 8.34. The van der Waals surface area contributed by atoms with Crippen LogP contribution in [0.5, 0.6) is 0 Å². The summed E-state index contributed by atoms with van der Waals surface area (Å²) in [5.41, 5.74) is 0.432. The van der Waals surface area contributed by atoms with Crippen molar-refractivity contribution in [2.24, 2.45) is 11.3 Å². The number of hydrogen-bond donors (Lipinski definition) is 2. The fourth-order valence-corrected chi connectivity index (χ4v) is 5.15. The minimum Gasteiger partial charge on any atom is -0.342 e. The van der Waals surface area contributed by atoms with Crippen molar-refractivity contribution in [1.82, 2.24) is 14.9 Å². The van der Waals surface area contributed by atoms with E-state index in [1.54, 1.807) is 0 Å². The van der Waals surface area contributed by atoms with Gasteiger partial charge in [-0.3, -0.25) is 4.79 Å². The summed E-state index contributed by atoms with van der Waals surface area (Å²) in [5, 5.41) is 3.39. The molecule has 2 N–H and O–H groups in total. The minimum atomic E-state index is -3.15. The molecule has 2 saturated heterocycles. The van der Waals surface area contributed by atoms with Crippen molar-refractivity contribution in [1.29, 1.82) is 0 Å². The molecule has 0 atom stereocenters. The molecular formula is C15H28ClN3O3S. The number of nitrogens with one attached hydrogen (secondary N) is 2. The Labute approximate surface area is 145 Å². The topological polar surface area (TPSA) is 78.5 Å². The van der Waals surface area contributed by atoms with Crippen LogP contribution in [0.2, 0.25) is 0 Å². The van der Waals surface area contributed by atoms with Crippen LogP contribution in [-0.2, 0) is 14.8 Å². The molecule has 1 saturated carbocycles. The number of halogens is 1. The van der Waals surface area contributed by atoms with Crippen molar-refractivity contribution in [3.63, 3.8) is 0 Å². The van der Waals surface area contributed by atoms with Gasteiger partial charge in [-0.25, -0.2) is 13.1 Å². The van der Waals surface area contributed by atoms with Crippen molar-refractivity contribution in [2.45, 2.75) is 44.6 Å². The zero-order valence-electron chi connectivity index (χ0n) is 13.7. The van der Waals surface area contributed by atoms with E-state index in [-0.39, 0.29) is 24.4 Å². The van der Waals surface area contributed by atoms with Gasteiger partial charge in [0.1, 0.15) is 0 Å². The van der Waals surface area contributed by atoms with E-state index in [1.165, 1.54) is 19.1 Å². The summed E-state index contributed by atoms with van der Waals surface area (Å²) < 4.78 is 25.2. The molecule has 134 valence electrons. The normalized spacial score (nSPS) is 25.7. The maximum atomic E-state index is 12.6. The van der Waals surface area contributed by atoms with Crippen molar-refractivity contribution in [2.75, 3.05) is 32.4 Å². The van der Waals surface area contributed by atoms with Crippen LogP contribution >= 0.6 is 12.4 Å². The summed E-state index contributed by atoms with van der Waals surface area (Å²) in [5.74, 6) is 0.500. The second-order valence-corrected chi connectivity index (χ2v) is 9.12. The fraction of sp³-hybridized carbons (Fsp3) is 0.933. The van der Waals surface area contributed by atoms with Gasteiger partial charge in [0.25, 0.3) is 0 Å². The van der Waals surface area contributed by atoms with Crippen LogP contribution in [0.15, 0.2) is 0 Å². The van der Waals surface area contributed by atoms with Crippen molar-refractivity contribution in [3.05, 3.63) is 0 Å². The third-order valence-corrected chi connectivity index (χ3v) is 6.32. The highest BCUT2D eigenvalue weighted by Crippen LogP contribution is 2.52. The van der Waals surface area contributed by atoms with E-state index in [2.05, 4.69) is 10.0 Å². The van der Waals surface area contributed by atoms with E-state index in [1.807, 2.05) is 4.90 Å². The number of nitrogens with zero attached hydrogens (tertiary/aromatic N) is 1. The number of carbonyl (C=O) groups excluding carboxylic acids is 1. The Morgan fingerprint density at radius 2 is 1.74 bits per heavy atom. The Balaban J connectivity index is 0.00000192. The average Bonchev–Trinajstić information content (AvgIpc) is 2.44. The molecule has 0 bridgehead atoms. The van der Waals surface area contributed by atoms with E-state index in [0.717, 1.165) is 38.8 Å². The maximum absolute atomic E-state index is 12.6. The number of likely N-dealkylation sites (tertiary alicyclic amines) is 1. The van der Waals surface area contributed by atoms with Gasteiger partial charge in [-0.15, -0.1) is 12.4 Å². The Morgan fingerprint density at radius 3 is 2.26 bits per heavy atom. The molecule has 8 heteroatoms. The van der Waals surface area contributed by atoms with Gasteiger partial charge in [0.15, 0.2) is 0 Å². The fourth-order valence-electron chi connectivity index (χ4n) is 4.30. The summed E-state index contributed by atoms with van der Waals surface area (Å²) in [4.78, 5) is 14.5. The minimum absolute atomic E-state index is 0.